The molecule has 0 fully saturated rings. The number of anilines is 1. The van der Waals surface area contributed by atoms with Gasteiger partial charge in [-0.3, -0.25) is 9.59 Å². The zero-order valence-corrected chi connectivity index (χ0v) is 23.3. The number of aryl methyl sites for hydroxylation is 1. The summed E-state index contributed by atoms with van der Waals surface area (Å²) >= 11 is 0. The normalized spacial score (nSPS) is 12.9. The third-order valence-electron chi connectivity index (χ3n) is 5.85. The SMILES string of the molecule is CCc1ccc(C(C(=O)Nc2ccc(OC)cc2)N(CC)C(=O)C(NC(=O)OC(C)(C)C)C(C)C)cc1. The van der Waals surface area contributed by atoms with E-state index in [0.29, 0.717) is 17.0 Å². The molecule has 0 bridgehead atoms. The molecule has 8 heteroatoms. The number of benzene rings is 2. The molecule has 2 atom stereocenters. The summed E-state index contributed by atoms with van der Waals surface area (Å²) < 4.78 is 10.6. The highest BCUT2D eigenvalue weighted by molar-refractivity contribution is 5.99. The Bertz CT molecular complexity index is 1040. The molecule has 0 aromatic heterocycles. The number of hydrogen-bond donors (Lipinski definition) is 2. The largest absolute Gasteiger partial charge is 0.497 e. The monoisotopic (exact) mass is 511 g/mol. The third-order valence-corrected chi connectivity index (χ3v) is 5.85. The van der Waals surface area contributed by atoms with E-state index in [1.165, 1.54) is 4.90 Å². The maximum absolute atomic E-state index is 13.9. The number of amides is 3. The van der Waals surface area contributed by atoms with Gasteiger partial charge in [-0.05, 0) is 75.4 Å². The lowest BCUT2D eigenvalue weighted by Crippen LogP contribution is -2.54. The zero-order chi connectivity index (χ0) is 27.8. The highest BCUT2D eigenvalue weighted by atomic mass is 16.6. The molecule has 2 aromatic carbocycles. The molecule has 0 aliphatic carbocycles. The third kappa shape index (κ3) is 8.51. The van der Waals surface area contributed by atoms with Gasteiger partial charge in [0.05, 0.1) is 7.11 Å². The maximum atomic E-state index is 13.9. The highest BCUT2D eigenvalue weighted by Gasteiger charge is 2.36. The Balaban J connectivity index is 2.43. The van der Waals surface area contributed by atoms with Crippen molar-refractivity contribution < 1.29 is 23.9 Å². The Morgan fingerprint density at radius 3 is 2.00 bits per heavy atom. The molecular weight excluding hydrogens is 470 g/mol. The van der Waals surface area contributed by atoms with Gasteiger partial charge in [0.25, 0.3) is 5.91 Å². The van der Waals surface area contributed by atoms with Gasteiger partial charge in [0.15, 0.2) is 0 Å². The van der Waals surface area contributed by atoms with Crippen LogP contribution in [0.2, 0.25) is 0 Å². The molecule has 0 saturated heterocycles. The lowest BCUT2D eigenvalue weighted by molar-refractivity contribution is -0.141. The van der Waals surface area contributed by atoms with Crippen molar-refractivity contribution in [3.63, 3.8) is 0 Å². The minimum atomic E-state index is -0.910. The summed E-state index contributed by atoms with van der Waals surface area (Å²) in [5.41, 5.74) is 1.68. The van der Waals surface area contributed by atoms with Crippen molar-refractivity contribution in [2.24, 2.45) is 5.92 Å². The number of methoxy groups -OCH3 is 1. The van der Waals surface area contributed by atoms with E-state index in [0.717, 1.165) is 12.0 Å². The number of nitrogens with one attached hydrogen (secondary N) is 2. The fourth-order valence-corrected chi connectivity index (χ4v) is 3.89. The predicted molar refractivity (Wildman–Crippen MR) is 146 cm³/mol. The summed E-state index contributed by atoms with van der Waals surface area (Å²) in [4.78, 5) is 41.6. The van der Waals surface area contributed by atoms with Crippen LogP contribution in [0.15, 0.2) is 48.5 Å². The van der Waals surface area contributed by atoms with Gasteiger partial charge in [-0.2, -0.15) is 0 Å². The zero-order valence-electron chi connectivity index (χ0n) is 23.3. The summed E-state index contributed by atoms with van der Waals surface area (Å²) in [6.45, 7) is 13.1. The van der Waals surface area contributed by atoms with Crippen molar-refractivity contribution >= 4 is 23.6 Å². The fourth-order valence-electron chi connectivity index (χ4n) is 3.89. The Morgan fingerprint density at radius 1 is 0.946 bits per heavy atom. The molecule has 0 heterocycles. The van der Waals surface area contributed by atoms with Crippen molar-refractivity contribution in [2.75, 3.05) is 19.0 Å². The first-order valence-corrected chi connectivity index (χ1v) is 12.7. The molecule has 2 aromatic rings. The van der Waals surface area contributed by atoms with Crippen LogP contribution in [0.25, 0.3) is 0 Å². The Morgan fingerprint density at radius 2 is 1.54 bits per heavy atom. The molecular formula is C29H41N3O5. The van der Waals surface area contributed by atoms with Gasteiger partial charge in [0, 0.05) is 12.2 Å². The number of carbonyl (C=O) groups is 3. The summed E-state index contributed by atoms with van der Waals surface area (Å²) in [6, 6.07) is 12.9. The van der Waals surface area contributed by atoms with Crippen LogP contribution < -0.4 is 15.4 Å². The number of hydrogen-bond acceptors (Lipinski definition) is 5. The number of likely N-dealkylation sites (N-methyl/N-ethyl adjacent to an activating group) is 1. The van der Waals surface area contributed by atoms with Crippen LogP contribution in [-0.2, 0) is 20.7 Å². The first-order chi connectivity index (χ1) is 17.4. The first kappa shape index (κ1) is 29.7. The van der Waals surface area contributed by atoms with E-state index in [9.17, 15) is 14.4 Å². The highest BCUT2D eigenvalue weighted by Crippen LogP contribution is 2.26. The second kappa shape index (κ2) is 13.1. The molecule has 8 nitrogen and oxygen atoms in total. The van der Waals surface area contributed by atoms with E-state index >= 15 is 0 Å². The van der Waals surface area contributed by atoms with E-state index in [1.807, 2.05) is 45.0 Å². The van der Waals surface area contributed by atoms with E-state index in [2.05, 4.69) is 17.6 Å². The Hall–Kier alpha value is -3.55. The second-order valence-electron chi connectivity index (χ2n) is 10.2. The standard InChI is InChI=1S/C29H41N3O5/c1-9-20-11-13-21(14-12-20)25(26(33)30-22-15-17-23(36-8)18-16-22)32(10-2)27(34)24(19(3)4)31-28(35)37-29(5,6)7/h11-19,24-25H,9-10H2,1-8H3,(H,30,33)(H,31,35). The molecule has 0 aliphatic heterocycles. The maximum Gasteiger partial charge on any atom is 0.408 e. The van der Waals surface area contributed by atoms with E-state index in [-0.39, 0.29) is 24.3 Å². The average Bonchev–Trinajstić information content (AvgIpc) is 2.84. The van der Waals surface area contributed by atoms with E-state index < -0.39 is 23.8 Å². The van der Waals surface area contributed by atoms with Crippen molar-refractivity contribution in [3.8, 4) is 5.75 Å². The lowest BCUT2D eigenvalue weighted by Gasteiger charge is -2.35. The van der Waals surface area contributed by atoms with Crippen LogP contribution in [0.1, 0.15) is 65.6 Å². The van der Waals surface area contributed by atoms with Gasteiger partial charge in [-0.25, -0.2) is 4.79 Å². The smallest absolute Gasteiger partial charge is 0.408 e. The van der Waals surface area contributed by atoms with Crippen LogP contribution in [0.4, 0.5) is 10.5 Å². The van der Waals surface area contributed by atoms with Crippen molar-refractivity contribution in [3.05, 3.63) is 59.7 Å². The van der Waals surface area contributed by atoms with Crippen LogP contribution in [0.5, 0.6) is 5.75 Å². The average molecular weight is 512 g/mol. The Kier molecular flexibility index (Phi) is 10.5. The Labute approximate surface area is 220 Å². The van der Waals surface area contributed by atoms with Gasteiger partial charge in [0.2, 0.25) is 5.91 Å². The summed E-state index contributed by atoms with van der Waals surface area (Å²) in [7, 11) is 1.57. The van der Waals surface area contributed by atoms with Crippen molar-refractivity contribution in [1.29, 1.82) is 0 Å². The number of nitrogens with zero attached hydrogens (tertiary/aromatic N) is 1. The molecule has 0 spiro atoms. The summed E-state index contributed by atoms with van der Waals surface area (Å²) in [5.74, 6) is -0.285. The number of rotatable bonds is 10. The van der Waals surface area contributed by atoms with Crippen LogP contribution in [-0.4, -0.2) is 48.1 Å². The molecule has 0 aliphatic rings. The molecule has 3 amide bonds. The topological polar surface area (TPSA) is 97.0 Å². The first-order valence-electron chi connectivity index (χ1n) is 12.7. The minimum Gasteiger partial charge on any atom is -0.497 e. The van der Waals surface area contributed by atoms with Gasteiger partial charge in [-0.1, -0.05) is 45.0 Å². The molecule has 2 rings (SSSR count). The van der Waals surface area contributed by atoms with Crippen molar-refractivity contribution in [2.45, 2.75) is 72.6 Å². The van der Waals surface area contributed by atoms with Gasteiger partial charge in [0.1, 0.15) is 23.4 Å². The fraction of sp³-hybridized carbons (Fsp3) is 0.483. The molecule has 202 valence electrons. The van der Waals surface area contributed by atoms with Gasteiger partial charge < -0.3 is 25.0 Å². The summed E-state index contributed by atoms with van der Waals surface area (Å²) in [6.07, 6.45) is 0.177. The number of ether oxygens (including phenoxy) is 2. The number of carbonyl (C=O) groups excluding carboxylic acids is 3. The lowest BCUT2D eigenvalue weighted by atomic mass is 9.98. The summed E-state index contributed by atoms with van der Waals surface area (Å²) in [5, 5.41) is 5.65. The minimum absolute atomic E-state index is 0.234. The molecule has 37 heavy (non-hydrogen) atoms. The van der Waals surface area contributed by atoms with E-state index in [4.69, 9.17) is 9.47 Å². The van der Waals surface area contributed by atoms with Crippen LogP contribution in [0, 0.1) is 5.92 Å². The second-order valence-corrected chi connectivity index (χ2v) is 10.2. The molecule has 0 saturated carbocycles. The number of alkyl carbamates (subject to hydrolysis) is 1. The molecule has 0 radical (unpaired) electrons. The van der Waals surface area contributed by atoms with Crippen LogP contribution >= 0.6 is 0 Å². The van der Waals surface area contributed by atoms with E-state index in [1.54, 1.807) is 52.1 Å². The van der Waals surface area contributed by atoms with Crippen molar-refractivity contribution in [1.82, 2.24) is 10.2 Å². The quantitative estimate of drug-likeness (QED) is 0.449. The van der Waals surface area contributed by atoms with Gasteiger partial charge in [-0.15, -0.1) is 0 Å². The molecule has 2 unspecified atom stereocenters. The molecule has 2 N–H and O–H groups in total. The predicted octanol–water partition coefficient (Wildman–Crippen LogP) is 5.34. The van der Waals surface area contributed by atoms with Crippen LogP contribution in [0.3, 0.4) is 0 Å². The van der Waals surface area contributed by atoms with Gasteiger partial charge >= 0.3 is 6.09 Å².